The highest BCUT2D eigenvalue weighted by molar-refractivity contribution is 7.99. The van der Waals surface area contributed by atoms with Gasteiger partial charge in [-0.25, -0.2) is 4.98 Å². The number of carbonyl (C=O) groups is 2. The minimum absolute atomic E-state index is 0.245. The van der Waals surface area contributed by atoms with Crippen molar-refractivity contribution in [2.75, 3.05) is 5.75 Å². The Morgan fingerprint density at radius 3 is 2.58 bits per heavy atom. The summed E-state index contributed by atoms with van der Waals surface area (Å²) in [5.74, 6) is -0.179. The van der Waals surface area contributed by atoms with Crippen molar-refractivity contribution >= 4 is 46.1 Å². The maximum atomic E-state index is 12.1. The number of benzene rings is 2. The van der Waals surface area contributed by atoms with Crippen LogP contribution in [0.2, 0.25) is 5.02 Å². The van der Waals surface area contributed by atoms with Crippen LogP contribution in [-0.4, -0.2) is 22.6 Å². The highest BCUT2D eigenvalue weighted by Crippen LogP contribution is 2.26. The molecule has 3 aromatic rings. The number of thioether (sulfide) groups is 1. The van der Waals surface area contributed by atoms with Gasteiger partial charge in [-0.15, -0.1) is 11.8 Å². The molecular formula is C19H16ClN3O2S. The molecule has 5 nitrogen and oxygen atoms in total. The molecule has 0 fully saturated rings. The van der Waals surface area contributed by atoms with Crippen molar-refractivity contribution in [1.82, 2.24) is 15.8 Å². The highest BCUT2D eigenvalue weighted by atomic mass is 35.5. The van der Waals surface area contributed by atoms with Gasteiger partial charge in [0.2, 0.25) is 5.91 Å². The number of carbonyl (C=O) groups excluding carboxylic acids is 2. The van der Waals surface area contributed by atoms with Crippen molar-refractivity contribution < 1.29 is 9.59 Å². The normalized spacial score (nSPS) is 10.5. The third kappa shape index (κ3) is 4.74. The molecule has 2 N–H and O–H groups in total. The Morgan fingerprint density at radius 2 is 1.73 bits per heavy atom. The number of amides is 2. The summed E-state index contributed by atoms with van der Waals surface area (Å²) in [7, 11) is 0. The van der Waals surface area contributed by atoms with E-state index >= 15 is 0 Å². The number of halogens is 1. The summed E-state index contributed by atoms with van der Waals surface area (Å²) in [4.78, 5) is 29.2. The van der Waals surface area contributed by atoms with Crippen LogP contribution >= 0.6 is 23.4 Å². The summed E-state index contributed by atoms with van der Waals surface area (Å²) in [5, 5.41) is 1.61. The zero-order chi connectivity index (χ0) is 18.4. The van der Waals surface area contributed by atoms with E-state index < -0.39 is 5.91 Å². The largest absolute Gasteiger partial charge is 0.288 e. The fourth-order valence-corrected chi connectivity index (χ4v) is 3.45. The number of hydrogen-bond acceptors (Lipinski definition) is 4. The Hall–Kier alpha value is -2.57. The predicted molar refractivity (Wildman–Crippen MR) is 104 cm³/mol. The zero-order valence-corrected chi connectivity index (χ0v) is 15.3. The number of rotatable bonds is 5. The lowest BCUT2D eigenvalue weighted by molar-refractivity contribution is -0.121. The Balaban J connectivity index is 1.47. The molecule has 0 unspecified atom stereocenters. The molecular weight excluding hydrogens is 370 g/mol. The molecule has 0 atom stereocenters. The van der Waals surface area contributed by atoms with Gasteiger partial charge in [-0.1, -0.05) is 48.0 Å². The van der Waals surface area contributed by atoms with Gasteiger partial charge in [-0.3, -0.25) is 20.4 Å². The minimum atomic E-state index is -0.456. The number of aromatic nitrogens is 1. The second-order valence-corrected chi connectivity index (χ2v) is 6.96. The zero-order valence-electron chi connectivity index (χ0n) is 13.7. The van der Waals surface area contributed by atoms with Crippen molar-refractivity contribution in [3.8, 4) is 0 Å². The lowest BCUT2D eigenvalue weighted by Crippen LogP contribution is -2.42. The summed E-state index contributed by atoms with van der Waals surface area (Å²) < 4.78 is 0. The molecule has 2 aromatic carbocycles. The first kappa shape index (κ1) is 18.2. The molecule has 0 radical (unpaired) electrons. The first-order valence-electron chi connectivity index (χ1n) is 7.96. The Bertz CT molecular complexity index is 949. The Morgan fingerprint density at radius 1 is 0.962 bits per heavy atom. The van der Waals surface area contributed by atoms with E-state index in [2.05, 4.69) is 15.8 Å². The summed E-state index contributed by atoms with van der Waals surface area (Å²) in [6.07, 6.45) is 0.251. The van der Waals surface area contributed by atoms with Crippen LogP contribution < -0.4 is 10.9 Å². The number of nitrogens with one attached hydrogen (secondary N) is 2. The molecule has 2 amide bonds. The van der Waals surface area contributed by atoms with Crippen molar-refractivity contribution in [3.63, 3.8) is 0 Å². The molecule has 0 aliphatic rings. The van der Waals surface area contributed by atoms with Crippen molar-refractivity contribution in [2.24, 2.45) is 0 Å². The lowest BCUT2D eigenvalue weighted by atomic mass is 10.2. The summed E-state index contributed by atoms with van der Waals surface area (Å²) >= 11 is 7.56. The molecule has 1 aromatic heterocycles. The SMILES string of the molecule is O=C(CCSc1ccccc1Cl)NNC(=O)c1ccc2ccccc2n1. The smallest absolute Gasteiger partial charge is 0.273 e. The first-order chi connectivity index (χ1) is 12.6. The molecule has 132 valence electrons. The lowest BCUT2D eigenvalue weighted by Gasteiger charge is -2.08. The molecule has 0 bridgehead atoms. The standard InChI is InChI=1S/C19H16ClN3O2S/c20-14-6-2-4-8-17(14)26-12-11-18(24)22-23-19(25)16-10-9-13-5-1-3-7-15(13)21-16/h1-10H,11-12H2,(H,22,24)(H,23,25). The number of hydrazine groups is 1. The molecule has 0 saturated carbocycles. The molecule has 0 saturated heterocycles. The van der Waals surface area contributed by atoms with Gasteiger partial charge < -0.3 is 0 Å². The van der Waals surface area contributed by atoms with Crippen LogP contribution in [0.4, 0.5) is 0 Å². The monoisotopic (exact) mass is 385 g/mol. The van der Waals surface area contributed by atoms with Gasteiger partial charge in [0.15, 0.2) is 0 Å². The van der Waals surface area contributed by atoms with Gasteiger partial charge in [0, 0.05) is 22.5 Å². The maximum Gasteiger partial charge on any atom is 0.288 e. The first-order valence-corrected chi connectivity index (χ1v) is 9.32. The third-order valence-electron chi connectivity index (χ3n) is 3.57. The van der Waals surface area contributed by atoms with Crippen molar-refractivity contribution in [2.45, 2.75) is 11.3 Å². The predicted octanol–water partition coefficient (Wildman–Crippen LogP) is 3.83. The fraction of sp³-hybridized carbons (Fsp3) is 0.105. The van der Waals surface area contributed by atoms with Gasteiger partial charge in [-0.2, -0.15) is 0 Å². The number of pyridine rings is 1. The van der Waals surface area contributed by atoms with Crippen molar-refractivity contribution in [1.29, 1.82) is 0 Å². The van der Waals surface area contributed by atoms with Gasteiger partial charge in [-0.05, 0) is 24.3 Å². The van der Waals surface area contributed by atoms with Crippen LogP contribution in [0, 0.1) is 0 Å². The summed E-state index contributed by atoms with van der Waals surface area (Å²) in [5.41, 5.74) is 5.76. The van der Waals surface area contributed by atoms with Gasteiger partial charge >= 0.3 is 0 Å². The van der Waals surface area contributed by atoms with E-state index in [1.54, 1.807) is 12.1 Å². The van der Waals surface area contributed by atoms with E-state index in [9.17, 15) is 9.59 Å². The van der Waals surface area contributed by atoms with Crippen LogP contribution in [0.5, 0.6) is 0 Å². The molecule has 3 rings (SSSR count). The fourth-order valence-electron chi connectivity index (χ4n) is 2.26. The maximum absolute atomic E-state index is 12.1. The highest BCUT2D eigenvalue weighted by Gasteiger charge is 2.10. The van der Waals surface area contributed by atoms with Crippen LogP contribution in [0.15, 0.2) is 65.6 Å². The van der Waals surface area contributed by atoms with E-state index in [0.29, 0.717) is 10.8 Å². The van der Waals surface area contributed by atoms with Gasteiger partial charge in [0.1, 0.15) is 5.69 Å². The second-order valence-electron chi connectivity index (χ2n) is 5.42. The molecule has 0 aliphatic carbocycles. The number of fused-ring (bicyclic) bond motifs is 1. The third-order valence-corrected chi connectivity index (χ3v) is 5.09. The number of para-hydroxylation sites is 1. The number of hydrogen-bond donors (Lipinski definition) is 2. The topological polar surface area (TPSA) is 71.1 Å². The Kier molecular flexibility index (Phi) is 6.09. The average Bonchev–Trinajstić information content (AvgIpc) is 2.67. The van der Waals surface area contributed by atoms with Gasteiger partial charge in [0.05, 0.1) is 10.5 Å². The van der Waals surface area contributed by atoms with E-state index in [1.807, 2.05) is 48.5 Å². The molecule has 7 heteroatoms. The minimum Gasteiger partial charge on any atom is -0.273 e. The number of nitrogens with zero attached hydrogens (tertiary/aromatic N) is 1. The average molecular weight is 386 g/mol. The quantitative estimate of drug-likeness (QED) is 0.517. The van der Waals surface area contributed by atoms with Crippen LogP contribution in [0.25, 0.3) is 10.9 Å². The molecule has 26 heavy (non-hydrogen) atoms. The van der Waals surface area contributed by atoms with E-state index in [4.69, 9.17) is 11.6 Å². The van der Waals surface area contributed by atoms with Crippen LogP contribution in [0.3, 0.4) is 0 Å². The van der Waals surface area contributed by atoms with E-state index in [1.165, 1.54) is 11.8 Å². The summed E-state index contributed by atoms with van der Waals surface area (Å²) in [6.45, 7) is 0. The second kappa shape index (κ2) is 8.69. The van der Waals surface area contributed by atoms with Gasteiger partial charge in [0.25, 0.3) is 5.91 Å². The Labute approximate surface area is 160 Å². The van der Waals surface area contributed by atoms with Crippen molar-refractivity contribution in [3.05, 3.63) is 71.4 Å². The summed E-state index contributed by atoms with van der Waals surface area (Å²) in [6, 6.07) is 18.4. The van der Waals surface area contributed by atoms with Crippen LogP contribution in [-0.2, 0) is 4.79 Å². The molecule has 0 spiro atoms. The molecule has 0 aliphatic heterocycles. The van der Waals surface area contributed by atoms with E-state index in [-0.39, 0.29) is 18.0 Å². The van der Waals surface area contributed by atoms with E-state index in [0.717, 1.165) is 15.8 Å². The van der Waals surface area contributed by atoms with Crippen LogP contribution in [0.1, 0.15) is 16.9 Å². The molecule has 1 heterocycles.